The number of ether oxygens (including phenoxy) is 3. The summed E-state index contributed by atoms with van der Waals surface area (Å²) in [5.41, 5.74) is 0. The van der Waals surface area contributed by atoms with Crippen LogP contribution in [0.3, 0.4) is 0 Å². The Bertz CT molecular complexity index is 138. The fourth-order valence-corrected chi connectivity index (χ4v) is 0.981. The van der Waals surface area contributed by atoms with Crippen LogP contribution in [-0.4, -0.2) is 31.6 Å². The maximum atomic E-state index is 5.25. The van der Waals surface area contributed by atoms with Gasteiger partial charge in [-0.05, 0) is 12.2 Å². The second-order valence-corrected chi connectivity index (χ2v) is 2.85. The molecule has 0 aliphatic carbocycles. The van der Waals surface area contributed by atoms with Crippen LogP contribution in [0.2, 0.25) is 0 Å². The van der Waals surface area contributed by atoms with Gasteiger partial charge in [-0.2, -0.15) is 0 Å². The molecule has 0 spiro atoms. The average molecular weight is 223 g/mol. The zero-order chi connectivity index (χ0) is 8.10. The molecule has 4 heteroatoms. The monoisotopic (exact) mass is 222 g/mol. The lowest BCUT2D eigenvalue weighted by Gasteiger charge is -2.12. The summed E-state index contributed by atoms with van der Waals surface area (Å²) < 4.78 is 15.4. The first-order valence-corrected chi connectivity index (χ1v) is 4.53. The zero-order valence-corrected chi connectivity index (χ0v) is 7.91. The molecule has 0 saturated carbocycles. The molecule has 0 bridgehead atoms. The van der Waals surface area contributed by atoms with Crippen molar-refractivity contribution in [1.82, 2.24) is 0 Å². The summed E-state index contributed by atoms with van der Waals surface area (Å²) in [6.45, 7) is 0.644. The summed E-state index contributed by atoms with van der Waals surface area (Å²) in [5, 5.41) is 0.818. The Balaban J connectivity index is 2.15. The van der Waals surface area contributed by atoms with E-state index in [-0.39, 0.29) is 12.6 Å². The highest BCUT2D eigenvalue weighted by atomic mass is 79.9. The van der Waals surface area contributed by atoms with Gasteiger partial charge in [-0.15, -0.1) is 0 Å². The van der Waals surface area contributed by atoms with Gasteiger partial charge in [-0.1, -0.05) is 15.9 Å². The van der Waals surface area contributed by atoms with E-state index in [4.69, 9.17) is 14.2 Å². The highest BCUT2D eigenvalue weighted by Crippen LogP contribution is 2.12. The Labute approximate surface area is 74.4 Å². The van der Waals surface area contributed by atoms with Gasteiger partial charge in [-0.25, -0.2) is 0 Å². The molecule has 0 aromatic rings. The van der Waals surface area contributed by atoms with E-state index in [1.54, 1.807) is 7.11 Å². The van der Waals surface area contributed by atoms with Crippen LogP contribution in [0.15, 0.2) is 12.2 Å². The number of halogens is 1. The minimum atomic E-state index is -0.240. The normalized spacial score (nSPS) is 29.6. The Morgan fingerprint density at radius 2 is 2.18 bits per heavy atom. The van der Waals surface area contributed by atoms with Gasteiger partial charge in [-0.3, -0.25) is 0 Å². The Hall–Kier alpha value is 0.1000. The SMILES string of the molecule is CO[C@H]1C=C[C@@H](OCCBr)O1. The molecule has 1 aliphatic heterocycles. The predicted octanol–water partition coefficient (Wildman–Crippen LogP) is 1.28. The third-order valence-electron chi connectivity index (χ3n) is 1.29. The van der Waals surface area contributed by atoms with Crippen LogP contribution in [-0.2, 0) is 14.2 Å². The van der Waals surface area contributed by atoms with E-state index in [1.807, 2.05) is 12.2 Å². The molecular formula is C7H11BrO3. The van der Waals surface area contributed by atoms with Gasteiger partial charge >= 0.3 is 0 Å². The van der Waals surface area contributed by atoms with Crippen LogP contribution < -0.4 is 0 Å². The van der Waals surface area contributed by atoms with Gasteiger partial charge in [0.2, 0.25) is 0 Å². The summed E-state index contributed by atoms with van der Waals surface area (Å²) >= 11 is 3.25. The number of methoxy groups -OCH3 is 1. The van der Waals surface area contributed by atoms with E-state index >= 15 is 0 Å². The second kappa shape index (κ2) is 4.87. The minimum Gasteiger partial charge on any atom is -0.352 e. The van der Waals surface area contributed by atoms with Crippen molar-refractivity contribution in [3.63, 3.8) is 0 Å². The summed E-state index contributed by atoms with van der Waals surface area (Å²) in [6.07, 6.45) is 3.20. The topological polar surface area (TPSA) is 27.7 Å². The first-order valence-electron chi connectivity index (χ1n) is 3.41. The van der Waals surface area contributed by atoms with E-state index in [0.29, 0.717) is 6.61 Å². The molecule has 64 valence electrons. The standard InChI is InChI=1S/C7H11BrO3/c1-9-6-2-3-7(11-6)10-5-4-8/h2-3,6-7H,4-5H2,1H3/t6-,7+/m1/s1. The van der Waals surface area contributed by atoms with Gasteiger partial charge in [0.05, 0.1) is 6.61 Å². The smallest absolute Gasteiger partial charge is 0.180 e. The van der Waals surface area contributed by atoms with Crippen molar-refractivity contribution < 1.29 is 14.2 Å². The molecule has 0 saturated heterocycles. The van der Waals surface area contributed by atoms with Gasteiger partial charge in [0, 0.05) is 12.4 Å². The van der Waals surface area contributed by atoms with Crippen LogP contribution in [0, 0.1) is 0 Å². The number of hydrogen-bond donors (Lipinski definition) is 0. The van der Waals surface area contributed by atoms with Crippen molar-refractivity contribution in [3.8, 4) is 0 Å². The highest BCUT2D eigenvalue weighted by Gasteiger charge is 2.17. The first-order chi connectivity index (χ1) is 5.36. The minimum absolute atomic E-state index is 0.238. The Kier molecular flexibility index (Phi) is 4.07. The van der Waals surface area contributed by atoms with Crippen molar-refractivity contribution in [1.29, 1.82) is 0 Å². The Morgan fingerprint density at radius 3 is 2.73 bits per heavy atom. The van der Waals surface area contributed by atoms with Crippen LogP contribution in [0.1, 0.15) is 0 Å². The van der Waals surface area contributed by atoms with E-state index in [9.17, 15) is 0 Å². The molecule has 0 fully saturated rings. The van der Waals surface area contributed by atoms with Crippen molar-refractivity contribution in [3.05, 3.63) is 12.2 Å². The van der Waals surface area contributed by atoms with Gasteiger partial charge in [0.25, 0.3) is 0 Å². The van der Waals surface area contributed by atoms with Crippen molar-refractivity contribution in [2.75, 3.05) is 19.0 Å². The summed E-state index contributed by atoms with van der Waals surface area (Å²) in [5.74, 6) is 0. The fraction of sp³-hybridized carbons (Fsp3) is 0.714. The molecule has 1 rings (SSSR count). The molecule has 11 heavy (non-hydrogen) atoms. The lowest BCUT2D eigenvalue weighted by molar-refractivity contribution is -0.181. The lowest BCUT2D eigenvalue weighted by atomic mass is 10.5. The highest BCUT2D eigenvalue weighted by molar-refractivity contribution is 9.09. The molecule has 1 aliphatic rings. The zero-order valence-electron chi connectivity index (χ0n) is 6.33. The molecule has 2 atom stereocenters. The second-order valence-electron chi connectivity index (χ2n) is 2.05. The number of alkyl halides is 1. The summed E-state index contributed by atoms with van der Waals surface area (Å²) in [4.78, 5) is 0. The lowest BCUT2D eigenvalue weighted by Crippen LogP contribution is -2.17. The molecule has 0 unspecified atom stereocenters. The van der Waals surface area contributed by atoms with Crippen LogP contribution >= 0.6 is 15.9 Å². The molecular weight excluding hydrogens is 212 g/mol. The van der Waals surface area contributed by atoms with Gasteiger partial charge < -0.3 is 14.2 Å². The molecule has 0 aromatic heterocycles. The van der Waals surface area contributed by atoms with E-state index < -0.39 is 0 Å². The van der Waals surface area contributed by atoms with Crippen molar-refractivity contribution in [2.24, 2.45) is 0 Å². The fourth-order valence-electron chi connectivity index (χ4n) is 0.794. The van der Waals surface area contributed by atoms with Crippen LogP contribution in [0.5, 0.6) is 0 Å². The average Bonchev–Trinajstić information content (AvgIpc) is 2.48. The maximum absolute atomic E-state index is 5.25. The largest absolute Gasteiger partial charge is 0.352 e. The number of hydrogen-bond acceptors (Lipinski definition) is 3. The van der Waals surface area contributed by atoms with Crippen molar-refractivity contribution >= 4 is 15.9 Å². The third kappa shape index (κ3) is 2.91. The molecule has 0 aromatic carbocycles. The number of rotatable bonds is 4. The Morgan fingerprint density at radius 1 is 1.45 bits per heavy atom. The van der Waals surface area contributed by atoms with Crippen LogP contribution in [0.4, 0.5) is 0 Å². The third-order valence-corrected chi connectivity index (χ3v) is 1.61. The maximum Gasteiger partial charge on any atom is 0.180 e. The summed E-state index contributed by atoms with van der Waals surface area (Å²) in [7, 11) is 1.60. The van der Waals surface area contributed by atoms with Crippen molar-refractivity contribution in [2.45, 2.75) is 12.6 Å². The van der Waals surface area contributed by atoms with Gasteiger partial charge in [0.15, 0.2) is 12.6 Å². The first kappa shape index (κ1) is 9.19. The van der Waals surface area contributed by atoms with E-state index in [0.717, 1.165) is 5.33 Å². The quantitative estimate of drug-likeness (QED) is 0.530. The summed E-state index contributed by atoms with van der Waals surface area (Å²) in [6, 6.07) is 0. The van der Waals surface area contributed by atoms with Gasteiger partial charge in [0.1, 0.15) is 0 Å². The van der Waals surface area contributed by atoms with Crippen LogP contribution in [0.25, 0.3) is 0 Å². The predicted molar refractivity (Wildman–Crippen MR) is 44.6 cm³/mol. The van der Waals surface area contributed by atoms with E-state index in [2.05, 4.69) is 15.9 Å². The molecule has 3 nitrogen and oxygen atoms in total. The molecule has 0 N–H and O–H groups in total. The molecule has 0 amide bonds. The molecule has 1 heterocycles. The van der Waals surface area contributed by atoms with E-state index in [1.165, 1.54) is 0 Å². The molecule has 0 radical (unpaired) electrons.